The Balaban J connectivity index is 1.81. The summed E-state index contributed by atoms with van der Waals surface area (Å²) in [6.45, 7) is 1.72. The van der Waals surface area contributed by atoms with Gasteiger partial charge in [-0.3, -0.25) is 0 Å². The number of sulfonamides is 1. The van der Waals surface area contributed by atoms with Gasteiger partial charge < -0.3 is 9.80 Å². The number of amides is 2. The standard InChI is InChI=1S/C16H24ClN3O3S/c1-19(2)16(21)20-9-7-13(8-10-20)11-18-24(22,23)12-14-5-3-4-6-15(14)17/h3-6,13,18H,7-12H2,1-2H3. The number of carbonyl (C=O) groups is 1. The Morgan fingerprint density at radius 3 is 2.50 bits per heavy atom. The number of hydrogen-bond acceptors (Lipinski definition) is 3. The first-order chi connectivity index (χ1) is 11.3. The van der Waals surface area contributed by atoms with Crippen LogP contribution in [0.2, 0.25) is 5.02 Å². The molecule has 6 nitrogen and oxygen atoms in total. The molecule has 24 heavy (non-hydrogen) atoms. The Labute approximate surface area is 148 Å². The molecule has 0 spiro atoms. The molecular weight excluding hydrogens is 350 g/mol. The van der Waals surface area contributed by atoms with Crippen molar-refractivity contribution in [1.82, 2.24) is 14.5 Å². The first kappa shape index (κ1) is 19.0. The van der Waals surface area contributed by atoms with Crippen molar-refractivity contribution >= 4 is 27.7 Å². The van der Waals surface area contributed by atoms with Crippen molar-refractivity contribution in [1.29, 1.82) is 0 Å². The number of benzene rings is 1. The summed E-state index contributed by atoms with van der Waals surface area (Å²) < 4.78 is 27.1. The van der Waals surface area contributed by atoms with E-state index in [0.29, 0.717) is 30.2 Å². The van der Waals surface area contributed by atoms with E-state index in [1.807, 2.05) is 0 Å². The highest BCUT2D eigenvalue weighted by Crippen LogP contribution is 2.19. The first-order valence-corrected chi connectivity index (χ1v) is 9.98. The second-order valence-electron chi connectivity index (χ2n) is 6.31. The van der Waals surface area contributed by atoms with Crippen molar-refractivity contribution in [2.75, 3.05) is 33.7 Å². The molecule has 0 unspecified atom stereocenters. The Kier molecular flexibility index (Phi) is 6.48. The molecule has 1 fully saturated rings. The molecule has 1 aromatic rings. The maximum Gasteiger partial charge on any atom is 0.319 e. The van der Waals surface area contributed by atoms with E-state index in [4.69, 9.17) is 11.6 Å². The van der Waals surface area contributed by atoms with Crippen LogP contribution in [-0.4, -0.2) is 58.0 Å². The largest absolute Gasteiger partial charge is 0.331 e. The molecule has 0 atom stereocenters. The van der Waals surface area contributed by atoms with Crippen LogP contribution in [-0.2, 0) is 15.8 Å². The molecule has 0 aromatic heterocycles. The van der Waals surface area contributed by atoms with Crippen LogP contribution >= 0.6 is 11.6 Å². The van der Waals surface area contributed by atoms with Gasteiger partial charge >= 0.3 is 6.03 Å². The van der Waals surface area contributed by atoms with Crippen LogP contribution in [0, 0.1) is 5.92 Å². The zero-order valence-corrected chi connectivity index (χ0v) is 15.6. The highest BCUT2D eigenvalue weighted by molar-refractivity contribution is 7.88. The van der Waals surface area contributed by atoms with E-state index in [0.717, 1.165) is 12.8 Å². The maximum atomic E-state index is 12.2. The third-order valence-corrected chi connectivity index (χ3v) is 5.83. The first-order valence-electron chi connectivity index (χ1n) is 7.95. The van der Waals surface area contributed by atoms with Gasteiger partial charge in [-0.1, -0.05) is 29.8 Å². The summed E-state index contributed by atoms with van der Waals surface area (Å²) in [4.78, 5) is 15.2. The fourth-order valence-corrected chi connectivity index (χ4v) is 4.26. The van der Waals surface area contributed by atoms with Crippen LogP contribution < -0.4 is 4.72 Å². The normalized spacial score (nSPS) is 16.2. The second-order valence-corrected chi connectivity index (χ2v) is 8.52. The molecule has 8 heteroatoms. The van der Waals surface area contributed by atoms with Crippen LogP contribution in [0.5, 0.6) is 0 Å². The SMILES string of the molecule is CN(C)C(=O)N1CCC(CNS(=O)(=O)Cc2ccccc2Cl)CC1. The lowest BCUT2D eigenvalue weighted by atomic mass is 9.97. The molecule has 2 rings (SSSR count). The molecule has 1 aliphatic rings. The molecule has 0 radical (unpaired) electrons. The fourth-order valence-electron chi connectivity index (χ4n) is 2.73. The van der Waals surface area contributed by atoms with E-state index >= 15 is 0 Å². The Bertz CT molecular complexity index is 671. The number of hydrogen-bond donors (Lipinski definition) is 1. The van der Waals surface area contributed by atoms with Crippen LogP contribution in [0.25, 0.3) is 0 Å². The van der Waals surface area contributed by atoms with Gasteiger partial charge in [0, 0.05) is 38.8 Å². The average Bonchev–Trinajstić information content (AvgIpc) is 2.55. The van der Waals surface area contributed by atoms with Crippen molar-refractivity contribution in [3.63, 3.8) is 0 Å². The predicted octanol–water partition coefficient (Wildman–Crippen LogP) is 2.15. The lowest BCUT2D eigenvalue weighted by Crippen LogP contribution is -2.45. The highest BCUT2D eigenvalue weighted by Gasteiger charge is 2.25. The number of nitrogens with zero attached hydrogens (tertiary/aromatic N) is 2. The minimum absolute atomic E-state index is 0.00718. The van der Waals surface area contributed by atoms with Gasteiger partial charge in [-0.05, 0) is 30.4 Å². The second kappa shape index (κ2) is 8.18. The van der Waals surface area contributed by atoms with Crippen molar-refractivity contribution in [2.45, 2.75) is 18.6 Å². The summed E-state index contributed by atoms with van der Waals surface area (Å²) in [5.41, 5.74) is 0.595. The van der Waals surface area contributed by atoms with E-state index in [2.05, 4.69) is 4.72 Å². The molecule has 0 aliphatic carbocycles. The van der Waals surface area contributed by atoms with Gasteiger partial charge in [0.25, 0.3) is 0 Å². The zero-order chi connectivity index (χ0) is 17.7. The topological polar surface area (TPSA) is 69.7 Å². The number of nitrogens with one attached hydrogen (secondary N) is 1. The summed E-state index contributed by atoms with van der Waals surface area (Å²) in [7, 11) is 0.0438. The third-order valence-electron chi connectivity index (χ3n) is 4.16. The molecule has 1 aliphatic heterocycles. The number of piperidine rings is 1. The summed E-state index contributed by atoms with van der Waals surface area (Å²) >= 11 is 6.02. The number of halogens is 1. The number of urea groups is 1. The van der Waals surface area contributed by atoms with E-state index < -0.39 is 10.0 Å². The monoisotopic (exact) mass is 373 g/mol. The van der Waals surface area contributed by atoms with Gasteiger partial charge in [0.15, 0.2) is 0 Å². The van der Waals surface area contributed by atoms with E-state index in [9.17, 15) is 13.2 Å². The van der Waals surface area contributed by atoms with Gasteiger partial charge in [-0.15, -0.1) is 0 Å². The molecule has 134 valence electrons. The van der Waals surface area contributed by atoms with Gasteiger partial charge in [-0.2, -0.15) is 0 Å². The lowest BCUT2D eigenvalue weighted by Gasteiger charge is -2.33. The molecule has 1 aromatic carbocycles. The number of carbonyl (C=O) groups excluding carboxylic acids is 1. The minimum Gasteiger partial charge on any atom is -0.331 e. The molecular formula is C16H24ClN3O3S. The van der Waals surface area contributed by atoms with Gasteiger partial charge in [-0.25, -0.2) is 17.9 Å². The molecule has 2 amide bonds. The molecule has 1 heterocycles. The third kappa shape index (κ3) is 5.36. The van der Waals surface area contributed by atoms with Crippen LogP contribution in [0.4, 0.5) is 4.79 Å². The van der Waals surface area contributed by atoms with Gasteiger partial charge in [0.05, 0.1) is 5.75 Å². The van der Waals surface area contributed by atoms with Crippen molar-refractivity contribution in [2.24, 2.45) is 5.92 Å². The van der Waals surface area contributed by atoms with Crippen molar-refractivity contribution in [3.8, 4) is 0 Å². The van der Waals surface area contributed by atoms with Crippen molar-refractivity contribution < 1.29 is 13.2 Å². The Morgan fingerprint density at radius 2 is 1.92 bits per heavy atom. The van der Waals surface area contributed by atoms with Crippen LogP contribution in [0.15, 0.2) is 24.3 Å². The molecule has 1 saturated heterocycles. The van der Waals surface area contributed by atoms with Gasteiger partial charge in [0.1, 0.15) is 0 Å². The van der Waals surface area contributed by atoms with Crippen LogP contribution in [0.1, 0.15) is 18.4 Å². The lowest BCUT2D eigenvalue weighted by molar-refractivity contribution is 0.148. The van der Waals surface area contributed by atoms with E-state index in [1.54, 1.807) is 48.2 Å². The van der Waals surface area contributed by atoms with Crippen LogP contribution in [0.3, 0.4) is 0 Å². The Morgan fingerprint density at radius 1 is 1.29 bits per heavy atom. The quantitative estimate of drug-likeness (QED) is 0.859. The van der Waals surface area contributed by atoms with E-state index in [-0.39, 0.29) is 17.7 Å². The molecule has 0 bridgehead atoms. The number of rotatable bonds is 5. The van der Waals surface area contributed by atoms with E-state index in [1.165, 1.54) is 0 Å². The predicted molar refractivity (Wildman–Crippen MR) is 95.5 cm³/mol. The zero-order valence-electron chi connectivity index (χ0n) is 14.0. The molecule has 1 N–H and O–H groups in total. The van der Waals surface area contributed by atoms with Crippen molar-refractivity contribution in [3.05, 3.63) is 34.9 Å². The molecule has 0 saturated carbocycles. The summed E-state index contributed by atoms with van der Waals surface area (Å²) in [6.07, 6.45) is 1.60. The van der Waals surface area contributed by atoms with Gasteiger partial charge in [0.2, 0.25) is 10.0 Å². The highest BCUT2D eigenvalue weighted by atomic mass is 35.5. The minimum atomic E-state index is -3.42. The number of likely N-dealkylation sites (tertiary alicyclic amines) is 1. The maximum absolute atomic E-state index is 12.2. The summed E-state index contributed by atoms with van der Waals surface area (Å²) in [5.74, 6) is 0.127. The smallest absolute Gasteiger partial charge is 0.319 e. The Hall–Kier alpha value is -1.31. The summed E-state index contributed by atoms with van der Waals surface area (Å²) in [6, 6.07) is 6.95. The average molecular weight is 374 g/mol. The summed E-state index contributed by atoms with van der Waals surface area (Å²) in [5, 5.41) is 0.457. The fraction of sp³-hybridized carbons (Fsp3) is 0.562.